The number of nitrogens with one attached hydrogen (secondary N) is 1. The standard InChI is InChI=1S/C13H16N2S/c1-9-7-10(2)14-13(8-9)15-11(3)12-5-4-6-16-12/h4-8,11H,1-3H3,(H,14,15). The highest BCUT2D eigenvalue weighted by Gasteiger charge is 2.07. The van der Waals surface area contributed by atoms with Crippen LogP contribution in [0.4, 0.5) is 5.82 Å². The van der Waals surface area contributed by atoms with E-state index < -0.39 is 0 Å². The fourth-order valence-corrected chi connectivity index (χ4v) is 2.48. The number of anilines is 1. The Morgan fingerprint density at radius 3 is 2.75 bits per heavy atom. The van der Waals surface area contributed by atoms with E-state index in [-0.39, 0.29) is 0 Å². The molecule has 2 aromatic heterocycles. The van der Waals surface area contributed by atoms with E-state index >= 15 is 0 Å². The Hall–Kier alpha value is -1.35. The lowest BCUT2D eigenvalue weighted by molar-refractivity contribution is 0.893. The Morgan fingerprint density at radius 2 is 2.12 bits per heavy atom. The number of hydrogen-bond donors (Lipinski definition) is 1. The summed E-state index contributed by atoms with van der Waals surface area (Å²) in [5.41, 5.74) is 2.30. The molecule has 2 rings (SSSR count). The zero-order valence-corrected chi connectivity index (χ0v) is 10.6. The van der Waals surface area contributed by atoms with Gasteiger partial charge in [0.05, 0.1) is 6.04 Å². The average Bonchev–Trinajstić information content (AvgIpc) is 2.68. The summed E-state index contributed by atoms with van der Waals surface area (Å²) in [5, 5.41) is 5.52. The molecule has 1 unspecified atom stereocenters. The molecule has 0 aliphatic rings. The first-order chi connectivity index (χ1) is 7.65. The number of aryl methyl sites for hydroxylation is 2. The first-order valence-electron chi connectivity index (χ1n) is 5.40. The van der Waals surface area contributed by atoms with Crippen LogP contribution in [-0.4, -0.2) is 4.98 Å². The van der Waals surface area contributed by atoms with Crippen LogP contribution < -0.4 is 5.32 Å². The Bertz CT molecular complexity index is 443. The van der Waals surface area contributed by atoms with Gasteiger partial charge in [0.1, 0.15) is 5.82 Å². The molecule has 0 spiro atoms. The fraction of sp³-hybridized carbons (Fsp3) is 0.308. The first-order valence-corrected chi connectivity index (χ1v) is 6.28. The van der Waals surface area contributed by atoms with Gasteiger partial charge in [0.2, 0.25) is 0 Å². The molecular weight excluding hydrogens is 216 g/mol. The van der Waals surface area contributed by atoms with Gasteiger partial charge in [-0.05, 0) is 49.9 Å². The van der Waals surface area contributed by atoms with Gasteiger partial charge < -0.3 is 5.32 Å². The molecule has 1 atom stereocenters. The summed E-state index contributed by atoms with van der Waals surface area (Å²) >= 11 is 1.77. The average molecular weight is 232 g/mol. The van der Waals surface area contributed by atoms with E-state index in [2.05, 4.69) is 53.8 Å². The van der Waals surface area contributed by atoms with E-state index in [1.165, 1.54) is 10.4 Å². The van der Waals surface area contributed by atoms with Crippen molar-refractivity contribution in [1.82, 2.24) is 4.98 Å². The summed E-state index contributed by atoms with van der Waals surface area (Å²) in [6, 6.07) is 8.70. The first kappa shape index (κ1) is 11.1. The topological polar surface area (TPSA) is 24.9 Å². The Kier molecular flexibility index (Phi) is 3.25. The van der Waals surface area contributed by atoms with Crippen molar-refractivity contribution >= 4 is 17.2 Å². The maximum Gasteiger partial charge on any atom is 0.126 e. The molecule has 0 aliphatic heterocycles. The second-order valence-corrected chi connectivity index (χ2v) is 5.03. The number of hydrogen-bond acceptors (Lipinski definition) is 3. The molecule has 0 saturated heterocycles. The van der Waals surface area contributed by atoms with Gasteiger partial charge in [-0.1, -0.05) is 6.07 Å². The minimum atomic E-state index is 0.314. The van der Waals surface area contributed by atoms with E-state index in [0.717, 1.165) is 11.5 Å². The van der Waals surface area contributed by atoms with Gasteiger partial charge in [-0.25, -0.2) is 4.98 Å². The van der Waals surface area contributed by atoms with Crippen LogP contribution >= 0.6 is 11.3 Å². The van der Waals surface area contributed by atoms with E-state index in [0.29, 0.717) is 6.04 Å². The highest BCUT2D eigenvalue weighted by atomic mass is 32.1. The van der Waals surface area contributed by atoms with Crippen LogP contribution in [0.3, 0.4) is 0 Å². The predicted molar refractivity (Wildman–Crippen MR) is 70.1 cm³/mol. The van der Waals surface area contributed by atoms with Crippen molar-refractivity contribution in [2.75, 3.05) is 5.32 Å². The fourth-order valence-electron chi connectivity index (χ4n) is 1.75. The quantitative estimate of drug-likeness (QED) is 0.867. The van der Waals surface area contributed by atoms with Crippen molar-refractivity contribution in [1.29, 1.82) is 0 Å². The van der Waals surface area contributed by atoms with Crippen molar-refractivity contribution in [3.05, 3.63) is 45.8 Å². The van der Waals surface area contributed by atoms with Crippen LogP contribution in [0.5, 0.6) is 0 Å². The maximum atomic E-state index is 4.48. The van der Waals surface area contributed by atoms with E-state index in [4.69, 9.17) is 0 Å². The van der Waals surface area contributed by atoms with Gasteiger partial charge in [-0.15, -0.1) is 11.3 Å². The molecule has 16 heavy (non-hydrogen) atoms. The normalized spacial score (nSPS) is 12.4. The highest BCUT2D eigenvalue weighted by molar-refractivity contribution is 7.10. The molecular formula is C13H16N2S. The highest BCUT2D eigenvalue weighted by Crippen LogP contribution is 2.22. The number of nitrogens with zero attached hydrogens (tertiary/aromatic N) is 1. The third kappa shape index (κ3) is 2.61. The summed E-state index contributed by atoms with van der Waals surface area (Å²) in [4.78, 5) is 5.81. The minimum Gasteiger partial charge on any atom is -0.363 e. The second-order valence-electron chi connectivity index (χ2n) is 4.05. The molecule has 0 radical (unpaired) electrons. The molecule has 0 aromatic carbocycles. The molecule has 0 bridgehead atoms. The van der Waals surface area contributed by atoms with Gasteiger partial charge in [-0.2, -0.15) is 0 Å². The van der Waals surface area contributed by atoms with Crippen LogP contribution in [0.25, 0.3) is 0 Å². The third-order valence-corrected chi connectivity index (χ3v) is 3.49. The lowest BCUT2D eigenvalue weighted by atomic mass is 10.2. The van der Waals surface area contributed by atoms with E-state index in [1.54, 1.807) is 11.3 Å². The van der Waals surface area contributed by atoms with E-state index in [1.807, 2.05) is 6.92 Å². The Balaban J connectivity index is 2.15. The number of thiophene rings is 1. The van der Waals surface area contributed by atoms with Gasteiger partial charge in [0.15, 0.2) is 0 Å². The summed E-state index contributed by atoms with van der Waals surface area (Å²) < 4.78 is 0. The monoisotopic (exact) mass is 232 g/mol. The van der Waals surface area contributed by atoms with Gasteiger partial charge in [0.25, 0.3) is 0 Å². The molecule has 2 aromatic rings. The van der Waals surface area contributed by atoms with Crippen LogP contribution in [0.2, 0.25) is 0 Å². The molecule has 0 amide bonds. The molecule has 1 N–H and O–H groups in total. The lowest BCUT2D eigenvalue weighted by Crippen LogP contribution is -2.07. The molecule has 84 valence electrons. The van der Waals surface area contributed by atoms with Crippen LogP contribution in [-0.2, 0) is 0 Å². The van der Waals surface area contributed by atoms with E-state index in [9.17, 15) is 0 Å². The Morgan fingerprint density at radius 1 is 1.31 bits per heavy atom. The van der Waals surface area contributed by atoms with Crippen molar-refractivity contribution < 1.29 is 0 Å². The summed E-state index contributed by atoms with van der Waals surface area (Å²) in [6.45, 7) is 6.27. The second kappa shape index (κ2) is 4.66. The zero-order valence-electron chi connectivity index (χ0n) is 9.82. The maximum absolute atomic E-state index is 4.48. The number of aromatic nitrogens is 1. The summed E-state index contributed by atoms with van der Waals surface area (Å²) in [6.07, 6.45) is 0. The third-order valence-electron chi connectivity index (χ3n) is 2.43. The van der Waals surface area contributed by atoms with Crippen molar-refractivity contribution in [2.45, 2.75) is 26.8 Å². The summed E-state index contributed by atoms with van der Waals surface area (Å²) in [5.74, 6) is 0.957. The SMILES string of the molecule is Cc1cc(C)nc(NC(C)c2cccs2)c1. The van der Waals surface area contributed by atoms with Crippen LogP contribution in [0, 0.1) is 13.8 Å². The van der Waals surface area contributed by atoms with Crippen LogP contribution in [0.1, 0.15) is 29.1 Å². The smallest absolute Gasteiger partial charge is 0.126 e. The summed E-state index contributed by atoms with van der Waals surface area (Å²) in [7, 11) is 0. The van der Waals surface area contributed by atoms with Crippen molar-refractivity contribution in [3.8, 4) is 0 Å². The number of pyridine rings is 1. The predicted octanol–water partition coefficient (Wildman–Crippen LogP) is 3.93. The van der Waals surface area contributed by atoms with Gasteiger partial charge >= 0.3 is 0 Å². The lowest BCUT2D eigenvalue weighted by Gasteiger charge is -2.13. The van der Waals surface area contributed by atoms with Crippen LogP contribution in [0.15, 0.2) is 29.6 Å². The zero-order chi connectivity index (χ0) is 11.5. The largest absolute Gasteiger partial charge is 0.363 e. The van der Waals surface area contributed by atoms with Gasteiger partial charge in [-0.3, -0.25) is 0 Å². The van der Waals surface area contributed by atoms with Crippen molar-refractivity contribution in [3.63, 3.8) is 0 Å². The van der Waals surface area contributed by atoms with Crippen molar-refractivity contribution in [2.24, 2.45) is 0 Å². The number of rotatable bonds is 3. The molecule has 0 fully saturated rings. The molecule has 3 heteroatoms. The minimum absolute atomic E-state index is 0.314. The Labute approximate surface area is 100 Å². The molecule has 0 aliphatic carbocycles. The molecule has 2 heterocycles. The van der Waals surface area contributed by atoms with Gasteiger partial charge in [0, 0.05) is 10.6 Å². The molecule has 2 nitrogen and oxygen atoms in total. The molecule has 0 saturated carbocycles.